The van der Waals surface area contributed by atoms with E-state index in [-0.39, 0.29) is 17.0 Å². The standard InChI is InChI=1S/C17H22N4O2S/c1-9-19-13-11(6-5-7-12(13)24-9)20-14(22)10-8-18-16(17(2,3)4)21-15(10)23/h8,11H,5-7H2,1-4H3,(H,20,22)(H,18,21,23). The minimum absolute atomic E-state index is 0.0436. The molecular formula is C17H22N4O2S. The summed E-state index contributed by atoms with van der Waals surface area (Å²) in [5.74, 6) is 0.173. The fraction of sp³-hybridized carbons (Fsp3) is 0.529. The molecule has 1 unspecified atom stereocenters. The SMILES string of the molecule is Cc1nc2c(s1)CCCC2NC(=O)c1cnc(C(C)(C)C)[nH]c1=O. The second kappa shape index (κ2) is 6.12. The molecule has 2 aromatic rings. The molecule has 1 aliphatic rings. The summed E-state index contributed by atoms with van der Waals surface area (Å²) in [7, 11) is 0. The van der Waals surface area contributed by atoms with Crippen LogP contribution in [0.3, 0.4) is 0 Å². The molecule has 3 rings (SSSR count). The molecule has 128 valence electrons. The van der Waals surface area contributed by atoms with Gasteiger partial charge in [-0.05, 0) is 26.2 Å². The molecule has 0 saturated heterocycles. The lowest BCUT2D eigenvalue weighted by atomic mass is 9.95. The fourth-order valence-electron chi connectivity index (χ4n) is 2.85. The Labute approximate surface area is 144 Å². The Hall–Kier alpha value is -2.02. The average molecular weight is 346 g/mol. The molecule has 1 amide bonds. The molecule has 0 aliphatic heterocycles. The van der Waals surface area contributed by atoms with Gasteiger partial charge in [0, 0.05) is 16.5 Å². The normalized spacial score (nSPS) is 17.4. The van der Waals surface area contributed by atoms with Crippen LogP contribution < -0.4 is 10.9 Å². The Morgan fingerprint density at radius 1 is 1.42 bits per heavy atom. The zero-order valence-electron chi connectivity index (χ0n) is 14.4. The second-order valence-corrected chi connectivity index (χ2v) is 8.47. The van der Waals surface area contributed by atoms with Gasteiger partial charge in [0.1, 0.15) is 11.4 Å². The van der Waals surface area contributed by atoms with Crippen molar-refractivity contribution in [2.24, 2.45) is 0 Å². The predicted octanol–water partition coefficient (Wildman–Crippen LogP) is 2.64. The van der Waals surface area contributed by atoms with E-state index in [1.165, 1.54) is 11.1 Å². The van der Waals surface area contributed by atoms with Gasteiger partial charge in [0.25, 0.3) is 11.5 Å². The van der Waals surface area contributed by atoms with Crippen molar-refractivity contribution in [3.63, 3.8) is 0 Å². The topological polar surface area (TPSA) is 87.7 Å². The number of hydrogen-bond donors (Lipinski definition) is 2. The quantitative estimate of drug-likeness (QED) is 0.875. The molecule has 0 spiro atoms. The predicted molar refractivity (Wildman–Crippen MR) is 93.6 cm³/mol. The Balaban J connectivity index is 1.83. The number of H-pyrrole nitrogens is 1. The summed E-state index contributed by atoms with van der Waals surface area (Å²) in [6, 6.07) is -0.132. The van der Waals surface area contributed by atoms with E-state index >= 15 is 0 Å². The molecule has 0 saturated carbocycles. The highest BCUT2D eigenvalue weighted by Crippen LogP contribution is 2.33. The van der Waals surface area contributed by atoms with Gasteiger partial charge in [-0.25, -0.2) is 9.97 Å². The van der Waals surface area contributed by atoms with E-state index in [9.17, 15) is 9.59 Å². The highest BCUT2D eigenvalue weighted by atomic mass is 32.1. The van der Waals surface area contributed by atoms with Crippen LogP contribution in [-0.4, -0.2) is 20.9 Å². The summed E-state index contributed by atoms with van der Waals surface area (Å²) in [6.45, 7) is 7.85. The zero-order valence-corrected chi connectivity index (χ0v) is 15.2. The van der Waals surface area contributed by atoms with Crippen LogP contribution in [0, 0.1) is 6.92 Å². The van der Waals surface area contributed by atoms with Crippen molar-refractivity contribution >= 4 is 17.2 Å². The van der Waals surface area contributed by atoms with Crippen LogP contribution >= 0.6 is 11.3 Å². The molecule has 1 atom stereocenters. The molecule has 0 bridgehead atoms. The van der Waals surface area contributed by atoms with Crippen molar-refractivity contribution in [2.45, 2.75) is 58.4 Å². The van der Waals surface area contributed by atoms with Crippen molar-refractivity contribution in [3.8, 4) is 0 Å². The van der Waals surface area contributed by atoms with Gasteiger partial charge in [0.2, 0.25) is 0 Å². The molecule has 2 heterocycles. The Morgan fingerprint density at radius 3 is 2.83 bits per heavy atom. The van der Waals surface area contributed by atoms with E-state index in [0.29, 0.717) is 5.82 Å². The van der Waals surface area contributed by atoms with Crippen molar-refractivity contribution < 1.29 is 4.79 Å². The average Bonchev–Trinajstić information content (AvgIpc) is 2.87. The number of hydrogen-bond acceptors (Lipinski definition) is 5. The molecule has 0 aromatic carbocycles. The second-order valence-electron chi connectivity index (χ2n) is 7.18. The summed E-state index contributed by atoms with van der Waals surface area (Å²) in [4.78, 5) is 37.5. The van der Waals surface area contributed by atoms with Gasteiger partial charge in [0.05, 0.1) is 16.7 Å². The monoisotopic (exact) mass is 346 g/mol. The number of nitrogens with one attached hydrogen (secondary N) is 2. The largest absolute Gasteiger partial charge is 0.343 e. The number of aromatic nitrogens is 3. The first-order valence-corrected chi connectivity index (χ1v) is 8.94. The third-order valence-electron chi connectivity index (χ3n) is 4.12. The van der Waals surface area contributed by atoms with E-state index < -0.39 is 11.5 Å². The molecular weight excluding hydrogens is 324 g/mol. The molecule has 0 radical (unpaired) electrons. The third kappa shape index (κ3) is 3.26. The van der Waals surface area contributed by atoms with Crippen molar-refractivity contribution in [1.29, 1.82) is 0 Å². The number of amides is 1. The number of aromatic amines is 1. The van der Waals surface area contributed by atoms with Crippen molar-refractivity contribution in [2.75, 3.05) is 0 Å². The maximum atomic E-state index is 12.5. The number of carbonyl (C=O) groups excluding carboxylic acids is 1. The lowest BCUT2D eigenvalue weighted by Gasteiger charge is -2.22. The molecule has 7 heteroatoms. The van der Waals surface area contributed by atoms with Crippen LogP contribution in [0.4, 0.5) is 0 Å². The Bertz CT molecular complexity index is 832. The minimum Gasteiger partial charge on any atom is -0.343 e. The van der Waals surface area contributed by atoms with Gasteiger partial charge in [-0.1, -0.05) is 20.8 Å². The molecule has 0 fully saturated rings. The smallest absolute Gasteiger partial charge is 0.263 e. The van der Waals surface area contributed by atoms with E-state index in [2.05, 4.69) is 20.3 Å². The van der Waals surface area contributed by atoms with Crippen LogP contribution in [0.15, 0.2) is 11.0 Å². The van der Waals surface area contributed by atoms with Gasteiger partial charge in [-0.3, -0.25) is 9.59 Å². The van der Waals surface area contributed by atoms with Gasteiger partial charge in [-0.15, -0.1) is 11.3 Å². The molecule has 2 N–H and O–H groups in total. The van der Waals surface area contributed by atoms with E-state index in [4.69, 9.17) is 0 Å². The van der Waals surface area contributed by atoms with E-state index in [1.807, 2.05) is 27.7 Å². The minimum atomic E-state index is -0.405. The summed E-state index contributed by atoms with van der Waals surface area (Å²) in [5.41, 5.74) is 0.317. The van der Waals surface area contributed by atoms with Crippen LogP contribution in [0.25, 0.3) is 0 Å². The van der Waals surface area contributed by atoms with Crippen molar-refractivity contribution in [3.05, 3.63) is 43.5 Å². The Kier molecular flexibility index (Phi) is 4.29. The Morgan fingerprint density at radius 2 is 2.17 bits per heavy atom. The molecule has 1 aliphatic carbocycles. The number of fused-ring (bicyclic) bond motifs is 1. The van der Waals surface area contributed by atoms with Crippen LogP contribution in [0.1, 0.15) is 71.4 Å². The van der Waals surface area contributed by atoms with Crippen LogP contribution in [0.2, 0.25) is 0 Å². The number of aryl methyl sites for hydroxylation is 2. The first-order valence-electron chi connectivity index (χ1n) is 8.12. The van der Waals surface area contributed by atoms with Gasteiger partial charge < -0.3 is 10.3 Å². The summed E-state index contributed by atoms with van der Waals surface area (Å²) < 4.78 is 0. The first-order chi connectivity index (χ1) is 11.3. The van der Waals surface area contributed by atoms with Crippen LogP contribution in [-0.2, 0) is 11.8 Å². The highest BCUT2D eigenvalue weighted by molar-refractivity contribution is 7.11. The van der Waals surface area contributed by atoms with Gasteiger partial charge in [0.15, 0.2) is 0 Å². The van der Waals surface area contributed by atoms with Crippen LogP contribution in [0.5, 0.6) is 0 Å². The number of rotatable bonds is 2. The van der Waals surface area contributed by atoms with Gasteiger partial charge in [-0.2, -0.15) is 0 Å². The fourth-order valence-corrected chi connectivity index (χ4v) is 3.89. The zero-order chi connectivity index (χ0) is 17.5. The van der Waals surface area contributed by atoms with Crippen molar-refractivity contribution in [1.82, 2.24) is 20.3 Å². The lowest BCUT2D eigenvalue weighted by Crippen LogP contribution is -2.35. The first kappa shape index (κ1) is 16.8. The van der Waals surface area contributed by atoms with Gasteiger partial charge >= 0.3 is 0 Å². The lowest BCUT2D eigenvalue weighted by molar-refractivity contribution is 0.0929. The summed E-state index contributed by atoms with van der Waals surface area (Å²) in [6.07, 6.45) is 4.23. The highest BCUT2D eigenvalue weighted by Gasteiger charge is 2.27. The molecule has 6 nitrogen and oxygen atoms in total. The maximum Gasteiger partial charge on any atom is 0.263 e. The van der Waals surface area contributed by atoms with E-state index in [1.54, 1.807) is 11.3 Å². The summed E-state index contributed by atoms with van der Waals surface area (Å²) >= 11 is 1.68. The molecule has 2 aromatic heterocycles. The number of carbonyl (C=O) groups is 1. The van der Waals surface area contributed by atoms with E-state index in [0.717, 1.165) is 30.0 Å². The number of thiazole rings is 1. The summed E-state index contributed by atoms with van der Waals surface area (Å²) in [5, 5.41) is 3.96. The third-order valence-corrected chi connectivity index (χ3v) is 5.17. The molecule has 24 heavy (non-hydrogen) atoms. The number of nitrogens with zero attached hydrogens (tertiary/aromatic N) is 2. The maximum absolute atomic E-state index is 12.5.